The first-order chi connectivity index (χ1) is 9.11. The largest absolute Gasteiger partial charge is 0.478 e. The zero-order valence-corrected chi connectivity index (χ0v) is 10.8. The van der Waals surface area contributed by atoms with Gasteiger partial charge in [0.1, 0.15) is 0 Å². The molecule has 2 N–H and O–H groups in total. The monoisotopic (exact) mass is 263 g/mol. The molecule has 0 radical (unpaired) electrons. The number of rotatable bonds is 6. The van der Waals surface area contributed by atoms with E-state index in [9.17, 15) is 9.59 Å². The molecule has 19 heavy (non-hydrogen) atoms. The Morgan fingerprint density at radius 1 is 1.37 bits per heavy atom. The minimum Gasteiger partial charge on any atom is -0.478 e. The third-order valence-electron chi connectivity index (χ3n) is 3.12. The highest BCUT2D eigenvalue weighted by atomic mass is 16.5. The second kappa shape index (κ2) is 5.84. The summed E-state index contributed by atoms with van der Waals surface area (Å²) < 4.78 is 5.35. The second-order valence-electron chi connectivity index (χ2n) is 4.56. The molecule has 0 aromatic heterocycles. The van der Waals surface area contributed by atoms with E-state index in [1.165, 1.54) is 12.1 Å². The van der Waals surface area contributed by atoms with E-state index < -0.39 is 5.97 Å². The Morgan fingerprint density at radius 3 is 2.63 bits per heavy atom. The van der Waals surface area contributed by atoms with E-state index in [0.717, 1.165) is 12.0 Å². The molecule has 5 nitrogen and oxygen atoms in total. The van der Waals surface area contributed by atoms with Crippen molar-refractivity contribution in [2.75, 3.05) is 6.61 Å². The predicted molar refractivity (Wildman–Crippen MR) is 68.8 cm³/mol. The molecular weight excluding hydrogens is 246 g/mol. The van der Waals surface area contributed by atoms with Gasteiger partial charge < -0.3 is 15.2 Å². The summed E-state index contributed by atoms with van der Waals surface area (Å²) in [7, 11) is 0. The topological polar surface area (TPSA) is 75.6 Å². The highest BCUT2D eigenvalue weighted by molar-refractivity contribution is 5.87. The van der Waals surface area contributed by atoms with Crippen LogP contribution in [0, 0.1) is 5.92 Å². The van der Waals surface area contributed by atoms with Crippen LogP contribution in [0.1, 0.15) is 29.3 Å². The van der Waals surface area contributed by atoms with Crippen molar-refractivity contribution in [3.8, 4) is 0 Å². The number of amides is 1. The standard InChI is InChI=1S/C14H17NO4/c1-2-19-12-7-11(12)13(16)15-8-9-3-5-10(6-4-9)14(17)18/h3-6,11-12H,2,7-8H2,1H3,(H,15,16)(H,17,18). The van der Waals surface area contributed by atoms with Crippen molar-refractivity contribution in [2.45, 2.75) is 26.0 Å². The Morgan fingerprint density at radius 2 is 2.05 bits per heavy atom. The fourth-order valence-electron chi connectivity index (χ4n) is 1.93. The lowest BCUT2D eigenvalue weighted by Gasteiger charge is -2.05. The Labute approximate surface area is 111 Å². The van der Waals surface area contributed by atoms with Crippen molar-refractivity contribution in [2.24, 2.45) is 5.92 Å². The maximum absolute atomic E-state index is 11.8. The summed E-state index contributed by atoms with van der Waals surface area (Å²) in [6, 6.07) is 6.47. The van der Waals surface area contributed by atoms with Gasteiger partial charge in [-0.3, -0.25) is 4.79 Å². The number of carbonyl (C=O) groups is 2. The van der Waals surface area contributed by atoms with Crippen LogP contribution in [-0.4, -0.2) is 29.7 Å². The molecule has 1 aromatic rings. The normalized spacial score (nSPS) is 20.9. The lowest BCUT2D eigenvalue weighted by atomic mass is 10.1. The van der Waals surface area contributed by atoms with E-state index in [2.05, 4.69) is 5.32 Å². The van der Waals surface area contributed by atoms with Crippen LogP contribution in [0.15, 0.2) is 24.3 Å². The van der Waals surface area contributed by atoms with Gasteiger partial charge in [0.15, 0.2) is 0 Å². The quantitative estimate of drug-likeness (QED) is 0.814. The van der Waals surface area contributed by atoms with Crippen LogP contribution in [0.4, 0.5) is 0 Å². The molecule has 2 unspecified atom stereocenters. The van der Waals surface area contributed by atoms with Crippen LogP contribution in [0.3, 0.4) is 0 Å². The molecule has 5 heteroatoms. The van der Waals surface area contributed by atoms with Gasteiger partial charge >= 0.3 is 5.97 Å². The van der Waals surface area contributed by atoms with Crippen LogP contribution in [0.5, 0.6) is 0 Å². The number of hydrogen-bond acceptors (Lipinski definition) is 3. The summed E-state index contributed by atoms with van der Waals surface area (Å²) in [5.41, 5.74) is 1.13. The van der Waals surface area contributed by atoms with Crippen molar-refractivity contribution in [1.29, 1.82) is 0 Å². The average Bonchev–Trinajstić information content (AvgIpc) is 3.16. The fourth-order valence-corrected chi connectivity index (χ4v) is 1.93. The number of benzene rings is 1. The number of hydrogen-bond donors (Lipinski definition) is 2. The van der Waals surface area contributed by atoms with E-state index in [1.54, 1.807) is 12.1 Å². The molecule has 0 aliphatic heterocycles. The van der Waals surface area contributed by atoms with Crippen molar-refractivity contribution in [3.63, 3.8) is 0 Å². The van der Waals surface area contributed by atoms with Gasteiger partial charge in [0.05, 0.1) is 17.6 Å². The summed E-state index contributed by atoms with van der Waals surface area (Å²) in [5, 5.41) is 11.6. The van der Waals surface area contributed by atoms with E-state index in [1.807, 2.05) is 6.92 Å². The molecule has 2 atom stereocenters. The van der Waals surface area contributed by atoms with Crippen LogP contribution in [-0.2, 0) is 16.1 Å². The summed E-state index contributed by atoms with van der Waals surface area (Å²) in [5.74, 6) is -0.980. The smallest absolute Gasteiger partial charge is 0.335 e. The number of carboxylic acid groups (broad SMARTS) is 1. The zero-order chi connectivity index (χ0) is 13.8. The second-order valence-corrected chi connectivity index (χ2v) is 4.56. The molecule has 0 bridgehead atoms. The van der Waals surface area contributed by atoms with Crippen LogP contribution >= 0.6 is 0 Å². The van der Waals surface area contributed by atoms with Gasteiger partial charge in [-0.15, -0.1) is 0 Å². The number of carboxylic acids is 1. The Bertz CT molecular complexity index is 469. The van der Waals surface area contributed by atoms with Gasteiger partial charge in [-0.25, -0.2) is 4.79 Å². The molecule has 1 aliphatic rings. The predicted octanol–water partition coefficient (Wildman–Crippen LogP) is 1.43. The van der Waals surface area contributed by atoms with Crippen molar-refractivity contribution in [3.05, 3.63) is 35.4 Å². The number of ether oxygens (including phenoxy) is 1. The van der Waals surface area contributed by atoms with Gasteiger partial charge in [0.25, 0.3) is 0 Å². The van der Waals surface area contributed by atoms with Crippen molar-refractivity contribution >= 4 is 11.9 Å². The number of aromatic carboxylic acids is 1. The summed E-state index contributed by atoms with van der Waals surface area (Å²) in [4.78, 5) is 22.4. The summed E-state index contributed by atoms with van der Waals surface area (Å²) >= 11 is 0. The van der Waals surface area contributed by atoms with E-state index in [-0.39, 0.29) is 23.5 Å². The molecule has 0 saturated heterocycles. The number of carbonyl (C=O) groups excluding carboxylic acids is 1. The lowest BCUT2D eigenvalue weighted by Crippen LogP contribution is -2.26. The first-order valence-corrected chi connectivity index (χ1v) is 6.33. The van der Waals surface area contributed by atoms with E-state index >= 15 is 0 Å². The maximum Gasteiger partial charge on any atom is 0.335 e. The highest BCUT2D eigenvalue weighted by Crippen LogP contribution is 2.33. The molecule has 2 rings (SSSR count). The van der Waals surface area contributed by atoms with Crippen LogP contribution in [0.2, 0.25) is 0 Å². The SMILES string of the molecule is CCOC1CC1C(=O)NCc1ccc(C(=O)O)cc1. The minimum atomic E-state index is -0.951. The Kier molecular flexibility index (Phi) is 4.16. The molecule has 1 aromatic carbocycles. The highest BCUT2D eigenvalue weighted by Gasteiger charge is 2.43. The molecule has 0 spiro atoms. The minimum absolute atomic E-state index is 0.000705. The van der Waals surface area contributed by atoms with E-state index in [0.29, 0.717) is 13.2 Å². The van der Waals surface area contributed by atoms with Crippen LogP contribution < -0.4 is 5.32 Å². The molecule has 1 amide bonds. The van der Waals surface area contributed by atoms with Gasteiger partial charge in [0, 0.05) is 13.2 Å². The summed E-state index contributed by atoms with van der Waals surface area (Å²) in [6.07, 6.45) is 0.858. The third-order valence-corrected chi connectivity index (χ3v) is 3.12. The first kappa shape index (κ1) is 13.5. The molecule has 0 heterocycles. The van der Waals surface area contributed by atoms with Crippen LogP contribution in [0.25, 0.3) is 0 Å². The molecular formula is C14H17NO4. The van der Waals surface area contributed by atoms with Crippen molar-refractivity contribution < 1.29 is 19.4 Å². The van der Waals surface area contributed by atoms with Gasteiger partial charge in [-0.2, -0.15) is 0 Å². The zero-order valence-electron chi connectivity index (χ0n) is 10.8. The average molecular weight is 263 g/mol. The summed E-state index contributed by atoms with van der Waals surface area (Å²) in [6.45, 7) is 2.95. The fraction of sp³-hybridized carbons (Fsp3) is 0.429. The molecule has 1 fully saturated rings. The van der Waals surface area contributed by atoms with Crippen molar-refractivity contribution in [1.82, 2.24) is 5.32 Å². The molecule has 1 aliphatic carbocycles. The van der Waals surface area contributed by atoms with E-state index in [4.69, 9.17) is 9.84 Å². The van der Waals surface area contributed by atoms with Gasteiger partial charge in [0.2, 0.25) is 5.91 Å². The molecule has 1 saturated carbocycles. The Hall–Kier alpha value is -1.88. The Balaban J connectivity index is 1.79. The lowest BCUT2D eigenvalue weighted by molar-refractivity contribution is -0.123. The van der Waals surface area contributed by atoms with Gasteiger partial charge in [-0.1, -0.05) is 12.1 Å². The maximum atomic E-state index is 11.8. The third kappa shape index (κ3) is 3.54. The first-order valence-electron chi connectivity index (χ1n) is 6.33. The number of nitrogens with one attached hydrogen (secondary N) is 1. The van der Waals surface area contributed by atoms with Gasteiger partial charge in [-0.05, 0) is 31.0 Å². The molecule has 102 valence electrons.